The van der Waals surface area contributed by atoms with Crippen molar-refractivity contribution in [3.05, 3.63) is 30.1 Å². The zero-order valence-electron chi connectivity index (χ0n) is 11.4. The van der Waals surface area contributed by atoms with E-state index in [1.54, 1.807) is 0 Å². The number of hydrogen-bond acceptors (Lipinski definition) is 3. The Morgan fingerprint density at radius 1 is 1.42 bits per heavy atom. The molecule has 1 heterocycles. The Bertz CT molecular complexity index is 599. The third-order valence-corrected chi connectivity index (χ3v) is 3.45. The predicted molar refractivity (Wildman–Crippen MR) is 76.3 cm³/mol. The molecular weight excluding hydrogens is 238 g/mol. The van der Waals surface area contributed by atoms with Crippen LogP contribution in [0.25, 0.3) is 11.3 Å². The quantitative estimate of drug-likeness (QED) is 0.915. The number of aromatic nitrogens is 2. The molecule has 0 spiro atoms. The topological polar surface area (TPSA) is 53.1 Å². The highest BCUT2D eigenvalue weighted by atomic mass is 16.5. The van der Waals surface area contributed by atoms with Crippen molar-refractivity contribution in [2.24, 2.45) is 0 Å². The summed E-state index contributed by atoms with van der Waals surface area (Å²) in [4.78, 5) is 4.63. The second-order valence-corrected chi connectivity index (χ2v) is 4.95. The summed E-state index contributed by atoms with van der Waals surface area (Å²) in [6, 6.07) is 8.51. The molecule has 1 aromatic heterocycles. The number of nitrogen functional groups attached to an aromatic ring is 1. The maximum atomic E-state index is 6.26. The van der Waals surface area contributed by atoms with Crippen LogP contribution in [0.15, 0.2) is 24.3 Å². The van der Waals surface area contributed by atoms with Crippen LogP contribution in [-0.4, -0.2) is 16.2 Å². The van der Waals surface area contributed by atoms with E-state index in [1.165, 1.54) is 12.8 Å². The van der Waals surface area contributed by atoms with Crippen molar-refractivity contribution in [3.8, 4) is 17.0 Å². The van der Waals surface area contributed by atoms with Crippen LogP contribution in [0.3, 0.4) is 0 Å². The van der Waals surface area contributed by atoms with Crippen LogP contribution in [0, 0.1) is 6.92 Å². The lowest BCUT2D eigenvalue weighted by Gasteiger charge is -2.07. The lowest BCUT2D eigenvalue weighted by Crippen LogP contribution is -2.02. The molecule has 4 nitrogen and oxygen atoms in total. The van der Waals surface area contributed by atoms with E-state index in [0.29, 0.717) is 12.6 Å². The summed E-state index contributed by atoms with van der Waals surface area (Å²) in [6.45, 7) is 4.66. The molecule has 100 valence electrons. The van der Waals surface area contributed by atoms with E-state index < -0.39 is 0 Å². The number of aryl methyl sites for hydroxylation is 1. The van der Waals surface area contributed by atoms with Crippen molar-refractivity contribution in [2.45, 2.75) is 32.7 Å². The molecule has 1 aromatic carbocycles. The minimum atomic E-state index is 0.552. The molecule has 0 radical (unpaired) electrons. The molecule has 0 unspecified atom stereocenters. The molecule has 1 aliphatic carbocycles. The number of imidazole rings is 1. The van der Waals surface area contributed by atoms with Gasteiger partial charge in [0.05, 0.1) is 6.61 Å². The number of hydrogen-bond donors (Lipinski definition) is 1. The van der Waals surface area contributed by atoms with E-state index in [9.17, 15) is 0 Å². The number of rotatable bonds is 4. The molecule has 19 heavy (non-hydrogen) atoms. The largest absolute Gasteiger partial charge is 0.494 e. The average Bonchev–Trinajstić information content (AvgIpc) is 3.17. The second kappa shape index (κ2) is 4.61. The predicted octanol–water partition coefficient (Wildman–Crippen LogP) is 3.17. The zero-order valence-corrected chi connectivity index (χ0v) is 11.4. The lowest BCUT2D eigenvalue weighted by molar-refractivity contribution is 0.340. The molecule has 3 rings (SSSR count). The number of anilines is 1. The van der Waals surface area contributed by atoms with Crippen molar-refractivity contribution >= 4 is 5.82 Å². The summed E-state index contributed by atoms with van der Waals surface area (Å²) < 4.78 is 7.68. The first kappa shape index (κ1) is 12.1. The van der Waals surface area contributed by atoms with Crippen molar-refractivity contribution in [1.29, 1.82) is 0 Å². The number of benzene rings is 1. The maximum absolute atomic E-state index is 6.26. The minimum absolute atomic E-state index is 0.552. The highest BCUT2D eigenvalue weighted by Crippen LogP contribution is 2.40. The van der Waals surface area contributed by atoms with Crippen LogP contribution in [0.2, 0.25) is 0 Å². The first-order valence-corrected chi connectivity index (χ1v) is 6.78. The van der Waals surface area contributed by atoms with Gasteiger partial charge < -0.3 is 15.0 Å². The van der Waals surface area contributed by atoms with Crippen LogP contribution in [0.5, 0.6) is 5.75 Å². The third kappa shape index (κ3) is 2.18. The number of nitrogens with two attached hydrogens (primary N) is 1. The molecule has 2 N–H and O–H groups in total. The summed E-state index contributed by atoms with van der Waals surface area (Å²) in [5.41, 5.74) is 8.15. The smallest absolute Gasteiger partial charge is 0.131 e. The highest BCUT2D eigenvalue weighted by Gasteiger charge is 2.28. The third-order valence-electron chi connectivity index (χ3n) is 3.45. The monoisotopic (exact) mass is 257 g/mol. The summed E-state index contributed by atoms with van der Waals surface area (Å²) in [7, 11) is 0. The molecule has 1 saturated carbocycles. The van der Waals surface area contributed by atoms with Crippen LogP contribution in [0.4, 0.5) is 5.82 Å². The van der Waals surface area contributed by atoms with E-state index in [-0.39, 0.29) is 0 Å². The van der Waals surface area contributed by atoms with Crippen molar-refractivity contribution in [1.82, 2.24) is 9.55 Å². The van der Waals surface area contributed by atoms with Gasteiger partial charge in [-0.25, -0.2) is 4.98 Å². The van der Waals surface area contributed by atoms with E-state index >= 15 is 0 Å². The van der Waals surface area contributed by atoms with Crippen LogP contribution < -0.4 is 10.5 Å². The van der Waals surface area contributed by atoms with E-state index in [0.717, 1.165) is 28.6 Å². The molecule has 1 aliphatic rings. The summed E-state index contributed by atoms with van der Waals surface area (Å²) in [6.07, 6.45) is 2.42. The fourth-order valence-corrected chi connectivity index (χ4v) is 2.47. The Morgan fingerprint density at radius 2 is 2.21 bits per heavy atom. The molecule has 0 atom stereocenters. The van der Waals surface area contributed by atoms with Crippen molar-refractivity contribution < 1.29 is 4.74 Å². The highest BCUT2D eigenvalue weighted by molar-refractivity contribution is 5.72. The van der Waals surface area contributed by atoms with Gasteiger partial charge in [-0.15, -0.1) is 0 Å². The van der Waals surface area contributed by atoms with Crippen molar-refractivity contribution in [2.75, 3.05) is 12.3 Å². The lowest BCUT2D eigenvalue weighted by atomic mass is 10.1. The fourth-order valence-electron chi connectivity index (χ4n) is 2.47. The van der Waals surface area contributed by atoms with Gasteiger partial charge in [-0.05, 0) is 38.8 Å². The van der Waals surface area contributed by atoms with Crippen LogP contribution in [0.1, 0.15) is 31.6 Å². The first-order valence-electron chi connectivity index (χ1n) is 6.78. The first-order chi connectivity index (χ1) is 9.20. The molecular formula is C15H19N3O. The Hall–Kier alpha value is -1.97. The van der Waals surface area contributed by atoms with Gasteiger partial charge in [-0.1, -0.05) is 12.1 Å². The van der Waals surface area contributed by atoms with Crippen LogP contribution >= 0.6 is 0 Å². The number of nitrogens with zero attached hydrogens (tertiary/aromatic N) is 2. The van der Waals surface area contributed by atoms with E-state index in [4.69, 9.17) is 10.5 Å². The standard InChI is InChI=1S/C15H19N3O/c1-3-19-13-6-4-5-11(9-13)14-15(16)18(10(2)17-14)12-7-8-12/h4-6,9,12H,3,7-8,16H2,1-2H3. The van der Waals surface area contributed by atoms with Gasteiger partial charge >= 0.3 is 0 Å². The molecule has 2 aromatic rings. The Kier molecular flexibility index (Phi) is 2.93. The van der Waals surface area contributed by atoms with Gasteiger partial charge in [0.15, 0.2) is 0 Å². The Balaban J connectivity index is 2.02. The zero-order chi connectivity index (χ0) is 13.4. The minimum Gasteiger partial charge on any atom is -0.494 e. The van der Waals surface area contributed by atoms with E-state index in [1.807, 2.05) is 38.1 Å². The molecule has 0 saturated heterocycles. The maximum Gasteiger partial charge on any atom is 0.131 e. The summed E-state index contributed by atoms with van der Waals surface area (Å²) in [5, 5.41) is 0. The molecule has 0 aliphatic heterocycles. The summed E-state index contributed by atoms with van der Waals surface area (Å²) >= 11 is 0. The van der Waals surface area contributed by atoms with Gasteiger partial charge in [0, 0.05) is 11.6 Å². The summed E-state index contributed by atoms with van der Waals surface area (Å²) in [5.74, 6) is 2.63. The van der Waals surface area contributed by atoms with E-state index in [2.05, 4.69) is 9.55 Å². The molecule has 1 fully saturated rings. The molecule has 4 heteroatoms. The second-order valence-electron chi connectivity index (χ2n) is 4.95. The van der Waals surface area contributed by atoms with Gasteiger partial charge in [0.1, 0.15) is 23.1 Å². The van der Waals surface area contributed by atoms with Gasteiger partial charge in [0.25, 0.3) is 0 Å². The van der Waals surface area contributed by atoms with Gasteiger partial charge in [-0.3, -0.25) is 0 Å². The normalized spacial score (nSPS) is 14.6. The SMILES string of the molecule is CCOc1cccc(-c2nc(C)n(C3CC3)c2N)c1. The van der Waals surface area contributed by atoms with Gasteiger partial charge in [0.2, 0.25) is 0 Å². The number of ether oxygens (including phenoxy) is 1. The van der Waals surface area contributed by atoms with Crippen molar-refractivity contribution in [3.63, 3.8) is 0 Å². The Morgan fingerprint density at radius 3 is 2.89 bits per heavy atom. The molecule has 0 amide bonds. The Labute approximate surface area is 113 Å². The average molecular weight is 257 g/mol. The fraction of sp³-hybridized carbons (Fsp3) is 0.400. The van der Waals surface area contributed by atoms with Gasteiger partial charge in [-0.2, -0.15) is 0 Å². The molecule has 0 bridgehead atoms. The van der Waals surface area contributed by atoms with Crippen LogP contribution in [-0.2, 0) is 0 Å².